The number of carbonyl (C=O) groups is 1. The Kier molecular flexibility index (Phi) is 3.70. The Morgan fingerprint density at radius 1 is 1.53 bits per heavy atom. The molecule has 0 aromatic heterocycles. The van der Waals surface area contributed by atoms with Crippen LogP contribution in [-0.4, -0.2) is 18.7 Å². The van der Waals surface area contributed by atoms with Gasteiger partial charge in [0.05, 0.1) is 25.2 Å². The van der Waals surface area contributed by atoms with Crippen molar-refractivity contribution in [2.45, 2.75) is 31.3 Å². The highest BCUT2D eigenvalue weighted by molar-refractivity contribution is 5.70. The van der Waals surface area contributed by atoms with Crippen LogP contribution in [0.5, 0.6) is 5.75 Å². The van der Waals surface area contributed by atoms with E-state index in [-0.39, 0.29) is 23.7 Å². The third-order valence-corrected chi connectivity index (χ3v) is 3.35. The van der Waals surface area contributed by atoms with Crippen molar-refractivity contribution in [2.75, 3.05) is 7.11 Å². The van der Waals surface area contributed by atoms with Gasteiger partial charge in [-0.15, -0.1) is 0 Å². The maximum atomic E-state index is 13.8. The zero-order chi connectivity index (χ0) is 13.9. The maximum absolute atomic E-state index is 13.8. The first kappa shape index (κ1) is 13.3. The quantitative estimate of drug-likeness (QED) is 0.783. The highest BCUT2D eigenvalue weighted by Gasteiger charge is 2.42. The number of hydrogen-bond acceptors (Lipinski definition) is 4. The molecule has 1 fully saturated rings. The molecule has 0 spiro atoms. The van der Waals surface area contributed by atoms with Crippen LogP contribution in [0.25, 0.3) is 0 Å². The van der Waals surface area contributed by atoms with Crippen LogP contribution >= 0.6 is 0 Å². The van der Waals surface area contributed by atoms with Gasteiger partial charge in [0, 0.05) is 0 Å². The van der Waals surface area contributed by atoms with E-state index in [2.05, 4.69) is 4.74 Å². The molecule has 1 aliphatic carbocycles. The first-order valence-corrected chi connectivity index (χ1v) is 6.04. The topological polar surface area (TPSA) is 59.3 Å². The van der Waals surface area contributed by atoms with Crippen LogP contribution < -0.4 is 4.74 Å². The monoisotopic (exact) mass is 263 g/mol. The summed E-state index contributed by atoms with van der Waals surface area (Å²) in [4.78, 5) is 11.4. The lowest BCUT2D eigenvalue weighted by molar-refractivity contribution is -0.148. The van der Waals surface area contributed by atoms with Gasteiger partial charge in [0.25, 0.3) is 0 Å². The molecule has 4 nitrogen and oxygen atoms in total. The van der Waals surface area contributed by atoms with Gasteiger partial charge in [-0.1, -0.05) is 0 Å². The van der Waals surface area contributed by atoms with Gasteiger partial charge in [-0.25, -0.2) is 4.39 Å². The largest absolute Gasteiger partial charge is 0.484 e. The molecule has 19 heavy (non-hydrogen) atoms. The number of rotatable bonds is 4. The molecule has 1 aliphatic rings. The summed E-state index contributed by atoms with van der Waals surface area (Å²) >= 11 is 0. The molecule has 0 N–H and O–H groups in total. The standard InChI is InChI=1S/C14H14FNO3/c1-18-13(17)8-14(5-2-6-14)19-12-4-3-10(9-16)7-11(12)15/h3-4,7H,2,5-6,8H2,1H3. The van der Waals surface area contributed by atoms with Crippen LogP contribution in [0.2, 0.25) is 0 Å². The van der Waals surface area contributed by atoms with E-state index in [0.29, 0.717) is 12.8 Å². The molecule has 0 saturated heterocycles. The summed E-state index contributed by atoms with van der Waals surface area (Å²) in [5, 5.41) is 8.68. The second-order valence-corrected chi connectivity index (χ2v) is 4.65. The van der Waals surface area contributed by atoms with E-state index >= 15 is 0 Å². The molecular formula is C14H14FNO3. The molecule has 0 atom stereocenters. The Balaban J connectivity index is 2.15. The first-order chi connectivity index (χ1) is 9.08. The van der Waals surface area contributed by atoms with Crippen molar-refractivity contribution in [1.82, 2.24) is 0 Å². The fourth-order valence-electron chi connectivity index (χ4n) is 2.11. The number of methoxy groups -OCH3 is 1. The normalized spacial score (nSPS) is 16.1. The lowest BCUT2D eigenvalue weighted by atomic mass is 9.77. The third kappa shape index (κ3) is 2.84. The minimum absolute atomic E-state index is 0.0719. The van der Waals surface area contributed by atoms with E-state index in [1.54, 1.807) is 0 Å². The summed E-state index contributed by atoms with van der Waals surface area (Å²) in [7, 11) is 1.32. The maximum Gasteiger partial charge on any atom is 0.309 e. The molecular weight excluding hydrogens is 249 g/mol. The van der Waals surface area contributed by atoms with Crippen molar-refractivity contribution in [2.24, 2.45) is 0 Å². The van der Waals surface area contributed by atoms with E-state index < -0.39 is 11.4 Å². The summed E-state index contributed by atoms with van der Waals surface area (Å²) in [5.74, 6) is -0.883. The Morgan fingerprint density at radius 2 is 2.26 bits per heavy atom. The highest BCUT2D eigenvalue weighted by atomic mass is 19.1. The summed E-state index contributed by atoms with van der Waals surface area (Å²) < 4.78 is 24.0. The second-order valence-electron chi connectivity index (χ2n) is 4.65. The Hall–Kier alpha value is -2.09. The van der Waals surface area contributed by atoms with Crippen molar-refractivity contribution in [1.29, 1.82) is 5.26 Å². The molecule has 2 rings (SSSR count). The summed E-state index contributed by atoms with van der Waals surface area (Å²) in [6.45, 7) is 0. The molecule has 100 valence electrons. The van der Waals surface area contributed by atoms with Gasteiger partial charge in [-0.2, -0.15) is 5.26 Å². The zero-order valence-electron chi connectivity index (χ0n) is 10.6. The second kappa shape index (κ2) is 5.27. The molecule has 5 heteroatoms. The van der Waals surface area contributed by atoms with Gasteiger partial charge in [0.2, 0.25) is 0 Å². The SMILES string of the molecule is COC(=O)CC1(Oc2ccc(C#N)cc2F)CCC1. The van der Waals surface area contributed by atoms with E-state index in [9.17, 15) is 9.18 Å². The number of esters is 1. The number of nitrogens with zero attached hydrogens (tertiary/aromatic N) is 1. The van der Waals surface area contributed by atoms with Crippen LogP contribution in [-0.2, 0) is 9.53 Å². The van der Waals surface area contributed by atoms with Crippen molar-refractivity contribution < 1.29 is 18.7 Å². The van der Waals surface area contributed by atoms with Gasteiger partial charge >= 0.3 is 5.97 Å². The smallest absolute Gasteiger partial charge is 0.309 e. The number of ether oxygens (including phenoxy) is 2. The fraction of sp³-hybridized carbons (Fsp3) is 0.429. The molecule has 0 heterocycles. The van der Waals surface area contributed by atoms with E-state index in [1.807, 2.05) is 6.07 Å². The van der Waals surface area contributed by atoms with Crippen molar-refractivity contribution in [3.63, 3.8) is 0 Å². The Labute approximate surface area is 110 Å². The molecule has 0 bridgehead atoms. The van der Waals surface area contributed by atoms with Gasteiger partial charge in [0.15, 0.2) is 11.6 Å². The lowest BCUT2D eigenvalue weighted by Crippen LogP contribution is -2.45. The molecule has 1 aromatic rings. The molecule has 0 amide bonds. The molecule has 1 saturated carbocycles. The van der Waals surface area contributed by atoms with Gasteiger partial charge in [-0.3, -0.25) is 4.79 Å². The average Bonchev–Trinajstić information content (AvgIpc) is 2.37. The molecule has 0 unspecified atom stereocenters. The summed E-state index contributed by atoms with van der Waals surface area (Å²) in [5.41, 5.74) is -0.428. The minimum atomic E-state index is -0.665. The number of carbonyl (C=O) groups excluding carboxylic acids is 1. The van der Waals surface area contributed by atoms with Crippen LogP contribution in [0.3, 0.4) is 0 Å². The molecule has 1 aromatic carbocycles. The predicted octanol–water partition coefficient (Wildman–Crippen LogP) is 2.56. The molecule has 0 aliphatic heterocycles. The average molecular weight is 263 g/mol. The van der Waals surface area contributed by atoms with Crippen molar-refractivity contribution in [3.8, 4) is 11.8 Å². The summed E-state index contributed by atoms with van der Waals surface area (Å²) in [6.07, 6.45) is 2.45. The van der Waals surface area contributed by atoms with E-state index in [0.717, 1.165) is 12.5 Å². The van der Waals surface area contributed by atoms with E-state index in [4.69, 9.17) is 10.00 Å². The van der Waals surface area contributed by atoms with Gasteiger partial charge < -0.3 is 9.47 Å². The van der Waals surface area contributed by atoms with Crippen LogP contribution in [0, 0.1) is 17.1 Å². The fourth-order valence-corrected chi connectivity index (χ4v) is 2.11. The predicted molar refractivity (Wildman–Crippen MR) is 65.0 cm³/mol. The molecule has 0 radical (unpaired) electrons. The Bertz CT molecular complexity index is 532. The van der Waals surface area contributed by atoms with Crippen molar-refractivity contribution >= 4 is 5.97 Å². The minimum Gasteiger partial charge on any atom is -0.484 e. The van der Waals surface area contributed by atoms with Crippen LogP contribution in [0.1, 0.15) is 31.2 Å². The van der Waals surface area contributed by atoms with Crippen LogP contribution in [0.4, 0.5) is 4.39 Å². The number of benzene rings is 1. The Morgan fingerprint density at radius 3 is 2.74 bits per heavy atom. The van der Waals surface area contributed by atoms with Crippen LogP contribution in [0.15, 0.2) is 18.2 Å². The van der Waals surface area contributed by atoms with Gasteiger partial charge in [-0.05, 0) is 37.5 Å². The number of halogens is 1. The van der Waals surface area contributed by atoms with E-state index in [1.165, 1.54) is 19.2 Å². The summed E-state index contributed by atoms with van der Waals surface area (Å²) in [6, 6.07) is 5.89. The number of nitriles is 1. The lowest BCUT2D eigenvalue weighted by Gasteiger charge is -2.41. The first-order valence-electron chi connectivity index (χ1n) is 6.04. The highest BCUT2D eigenvalue weighted by Crippen LogP contribution is 2.40. The number of hydrogen-bond donors (Lipinski definition) is 0. The van der Waals surface area contributed by atoms with Gasteiger partial charge in [0.1, 0.15) is 5.60 Å². The van der Waals surface area contributed by atoms with Crippen molar-refractivity contribution in [3.05, 3.63) is 29.6 Å². The zero-order valence-corrected chi connectivity index (χ0v) is 10.6. The third-order valence-electron chi connectivity index (χ3n) is 3.35.